The van der Waals surface area contributed by atoms with E-state index in [-0.39, 0.29) is 11.9 Å². The molecule has 1 unspecified atom stereocenters. The molecule has 2 aromatic carbocycles. The van der Waals surface area contributed by atoms with Crippen LogP contribution in [0.5, 0.6) is 0 Å². The molecular formula is C14H13Cl2FN2. The molecule has 2 aromatic rings. The number of aryl methyl sites for hydroxylation is 1. The summed E-state index contributed by atoms with van der Waals surface area (Å²) in [6, 6.07) is 9.88. The average molecular weight is 299 g/mol. The maximum atomic E-state index is 13.3. The van der Waals surface area contributed by atoms with Gasteiger partial charge in [-0.25, -0.2) is 9.82 Å². The van der Waals surface area contributed by atoms with Crippen LogP contribution in [-0.2, 0) is 0 Å². The van der Waals surface area contributed by atoms with Gasteiger partial charge in [-0.3, -0.25) is 5.84 Å². The summed E-state index contributed by atoms with van der Waals surface area (Å²) < 4.78 is 13.3. The number of rotatable bonds is 3. The third kappa shape index (κ3) is 3.07. The summed E-state index contributed by atoms with van der Waals surface area (Å²) in [5.41, 5.74) is 5.00. The molecule has 0 bridgehead atoms. The van der Waals surface area contributed by atoms with E-state index in [0.29, 0.717) is 15.6 Å². The lowest BCUT2D eigenvalue weighted by molar-refractivity contribution is 0.608. The minimum atomic E-state index is -0.269. The highest BCUT2D eigenvalue weighted by Gasteiger charge is 2.14. The topological polar surface area (TPSA) is 38.0 Å². The molecule has 100 valence electrons. The Morgan fingerprint density at radius 3 is 2.26 bits per heavy atom. The first kappa shape index (κ1) is 14.3. The molecule has 0 aromatic heterocycles. The van der Waals surface area contributed by atoms with E-state index in [0.717, 1.165) is 11.1 Å². The van der Waals surface area contributed by atoms with E-state index < -0.39 is 0 Å². The third-order valence-electron chi connectivity index (χ3n) is 2.96. The van der Waals surface area contributed by atoms with Gasteiger partial charge in [0.1, 0.15) is 5.82 Å². The number of nitrogens with two attached hydrogens (primary N) is 1. The predicted molar refractivity (Wildman–Crippen MR) is 76.8 cm³/mol. The van der Waals surface area contributed by atoms with E-state index in [9.17, 15) is 4.39 Å². The van der Waals surface area contributed by atoms with Crippen LogP contribution in [0.2, 0.25) is 10.0 Å². The number of benzene rings is 2. The normalized spacial score (nSPS) is 12.5. The predicted octanol–water partition coefficient (Wildman–Crippen LogP) is 3.99. The van der Waals surface area contributed by atoms with Gasteiger partial charge in [0.25, 0.3) is 0 Å². The van der Waals surface area contributed by atoms with Crippen molar-refractivity contribution in [3.63, 3.8) is 0 Å². The summed E-state index contributed by atoms with van der Waals surface area (Å²) in [5.74, 6) is 5.35. The van der Waals surface area contributed by atoms with E-state index in [4.69, 9.17) is 29.0 Å². The Morgan fingerprint density at radius 1 is 1.05 bits per heavy atom. The van der Waals surface area contributed by atoms with E-state index >= 15 is 0 Å². The van der Waals surface area contributed by atoms with Crippen LogP contribution in [0.4, 0.5) is 4.39 Å². The summed E-state index contributed by atoms with van der Waals surface area (Å²) in [5, 5.41) is 0.940. The van der Waals surface area contributed by atoms with Crippen LogP contribution in [0.3, 0.4) is 0 Å². The molecule has 0 fully saturated rings. The Labute approximate surface area is 121 Å². The molecule has 5 heteroatoms. The van der Waals surface area contributed by atoms with Crippen molar-refractivity contribution in [2.24, 2.45) is 5.84 Å². The summed E-state index contributed by atoms with van der Waals surface area (Å²) in [4.78, 5) is 0. The summed E-state index contributed by atoms with van der Waals surface area (Å²) in [6.45, 7) is 1.71. The second-order valence-electron chi connectivity index (χ2n) is 4.28. The Bertz CT molecular complexity index is 550. The van der Waals surface area contributed by atoms with Gasteiger partial charge >= 0.3 is 0 Å². The zero-order valence-electron chi connectivity index (χ0n) is 10.3. The van der Waals surface area contributed by atoms with Crippen LogP contribution in [0.15, 0.2) is 36.4 Å². The molecular weight excluding hydrogens is 286 g/mol. The molecule has 0 aliphatic heterocycles. The molecule has 1 atom stereocenters. The van der Waals surface area contributed by atoms with Crippen LogP contribution in [0.1, 0.15) is 22.7 Å². The van der Waals surface area contributed by atoms with Crippen molar-refractivity contribution in [1.82, 2.24) is 5.43 Å². The fraction of sp³-hybridized carbons (Fsp3) is 0.143. The van der Waals surface area contributed by atoms with Gasteiger partial charge < -0.3 is 0 Å². The molecule has 0 amide bonds. The Balaban J connectivity index is 2.43. The molecule has 0 radical (unpaired) electrons. The number of hydrogen-bond donors (Lipinski definition) is 2. The first-order valence-corrected chi connectivity index (χ1v) is 6.45. The zero-order chi connectivity index (χ0) is 14.0. The highest BCUT2D eigenvalue weighted by atomic mass is 35.5. The van der Waals surface area contributed by atoms with E-state index in [2.05, 4.69) is 5.43 Å². The van der Waals surface area contributed by atoms with E-state index in [1.54, 1.807) is 31.2 Å². The van der Waals surface area contributed by atoms with Crippen molar-refractivity contribution in [3.8, 4) is 0 Å². The molecule has 0 aliphatic rings. The number of hydrogen-bond acceptors (Lipinski definition) is 2. The van der Waals surface area contributed by atoms with Crippen molar-refractivity contribution in [1.29, 1.82) is 0 Å². The molecule has 0 saturated carbocycles. The Hall–Kier alpha value is -1.13. The number of halogens is 3. The molecule has 3 N–H and O–H groups in total. The highest BCUT2D eigenvalue weighted by molar-refractivity contribution is 6.42. The summed E-state index contributed by atoms with van der Waals surface area (Å²) in [7, 11) is 0. The van der Waals surface area contributed by atoms with Gasteiger partial charge in [0, 0.05) is 0 Å². The Kier molecular flexibility index (Phi) is 4.42. The van der Waals surface area contributed by atoms with Gasteiger partial charge in [0.15, 0.2) is 0 Å². The second kappa shape index (κ2) is 5.88. The van der Waals surface area contributed by atoms with Gasteiger partial charge in [-0.15, -0.1) is 0 Å². The lowest BCUT2D eigenvalue weighted by Crippen LogP contribution is -2.28. The first-order chi connectivity index (χ1) is 9.02. The first-order valence-electron chi connectivity index (χ1n) is 5.70. The third-order valence-corrected chi connectivity index (χ3v) is 3.70. The quantitative estimate of drug-likeness (QED) is 0.664. The molecule has 0 saturated heterocycles. The average Bonchev–Trinajstić information content (AvgIpc) is 2.39. The SMILES string of the molecule is Cc1cc(C(NN)c2ccc(Cl)c(Cl)c2)ccc1F. The van der Waals surface area contributed by atoms with Crippen molar-refractivity contribution in [3.05, 3.63) is 69.0 Å². The molecule has 2 rings (SSSR count). The van der Waals surface area contributed by atoms with E-state index in [1.807, 2.05) is 6.07 Å². The van der Waals surface area contributed by atoms with Crippen LogP contribution in [0.25, 0.3) is 0 Å². The molecule has 0 aliphatic carbocycles. The maximum absolute atomic E-state index is 13.3. The number of hydrazine groups is 1. The van der Waals surface area contributed by atoms with Crippen LogP contribution >= 0.6 is 23.2 Å². The smallest absolute Gasteiger partial charge is 0.126 e. The van der Waals surface area contributed by atoms with E-state index in [1.165, 1.54) is 6.07 Å². The largest absolute Gasteiger partial charge is 0.271 e. The minimum absolute atomic E-state index is 0.242. The highest BCUT2D eigenvalue weighted by Crippen LogP contribution is 2.29. The summed E-state index contributed by atoms with van der Waals surface area (Å²) in [6.07, 6.45) is 0. The van der Waals surface area contributed by atoms with Crippen molar-refractivity contribution >= 4 is 23.2 Å². The lowest BCUT2D eigenvalue weighted by Gasteiger charge is -2.18. The fourth-order valence-corrected chi connectivity index (χ4v) is 2.23. The van der Waals surface area contributed by atoms with Gasteiger partial charge in [-0.1, -0.05) is 41.4 Å². The van der Waals surface area contributed by atoms with Crippen LogP contribution < -0.4 is 11.3 Å². The monoisotopic (exact) mass is 298 g/mol. The zero-order valence-corrected chi connectivity index (χ0v) is 11.8. The second-order valence-corrected chi connectivity index (χ2v) is 5.10. The van der Waals surface area contributed by atoms with Crippen molar-refractivity contribution in [2.45, 2.75) is 13.0 Å². The van der Waals surface area contributed by atoms with Gasteiger partial charge in [0.05, 0.1) is 16.1 Å². The Morgan fingerprint density at radius 2 is 1.68 bits per heavy atom. The number of nitrogens with one attached hydrogen (secondary N) is 1. The molecule has 2 nitrogen and oxygen atoms in total. The minimum Gasteiger partial charge on any atom is -0.271 e. The van der Waals surface area contributed by atoms with Gasteiger partial charge in [-0.2, -0.15) is 0 Å². The van der Waals surface area contributed by atoms with Gasteiger partial charge in [-0.05, 0) is 41.8 Å². The van der Waals surface area contributed by atoms with Crippen LogP contribution in [-0.4, -0.2) is 0 Å². The summed E-state index contributed by atoms with van der Waals surface area (Å²) >= 11 is 11.9. The molecule has 0 spiro atoms. The standard InChI is InChI=1S/C14H13Cl2FN2/c1-8-6-9(3-5-13(8)17)14(19-18)10-2-4-11(15)12(16)7-10/h2-7,14,19H,18H2,1H3. The fourth-order valence-electron chi connectivity index (χ4n) is 1.92. The molecule has 19 heavy (non-hydrogen) atoms. The maximum Gasteiger partial charge on any atom is 0.126 e. The molecule has 0 heterocycles. The van der Waals surface area contributed by atoms with Crippen LogP contribution in [0, 0.1) is 12.7 Å². The van der Waals surface area contributed by atoms with Crippen molar-refractivity contribution < 1.29 is 4.39 Å². The lowest BCUT2D eigenvalue weighted by atomic mass is 9.98. The van der Waals surface area contributed by atoms with Crippen molar-refractivity contribution in [2.75, 3.05) is 0 Å². The van der Waals surface area contributed by atoms with Gasteiger partial charge in [0.2, 0.25) is 0 Å².